The number of methoxy groups -OCH3 is 1. The van der Waals surface area contributed by atoms with Gasteiger partial charge in [0.15, 0.2) is 43.8 Å². The van der Waals surface area contributed by atoms with Crippen molar-refractivity contribution in [2.45, 2.75) is 131 Å². The number of hydrogen-bond donors (Lipinski definition) is 6. The molecule has 4 fully saturated rings. The number of likely N-dealkylation sites (tertiary alicyclic amines) is 2. The normalized spacial score (nSPS) is 16.1. The number of piperidine rings is 2. The molecule has 4 aliphatic rings. The van der Waals surface area contributed by atoms with Crippen molar-refractivity contribution in [1.82, 2.24) is 26.2 Å². The molecule has 0 aromatic heterocycles. The van der Waals surface area contributed by atoms with Crippen LogP contribution in [0.5, 0.6) is 23.0 Å². The van der Waals surface area contributed by atoms with Crippen molar-refractivity contribution < 1.29 is 106 Å². The third-order valence-corrected chi connectivity index (χ3v) is 29.5. The van der Waals surface area contributed by atoms with Crippen LogP contribution in [0.4, 0.5) is 22.0 Å². The summed E-state index contributed by atoms with van der Waals surface area (Å²) < 4.78 is 171. The first-order chi connectivity index (χ1) is 57.1. The average Bonchev–Trinajstić information content (AvgIpc) is 1.33. The lowest BCUT2D eigenvalue weighted by atomic mass is 9.94. The molecule has 6 N–H and O–H groups in total. The molecule has 3 amide bonds. The zero-order chi connectivity index (χ0) is 84.9. The van der Waals surface area contributed by atoms with Crippen LogP contribution in [0.15, 0.2) is 233 Å². The van der Waals surface area contributed by atoms with Crippen molar-refractivity contribution in [1.29, 1.82) is 0 Å². The summed E-state index contributed by atoms with van der Waals surface area (Å²) in [5.41, 5.74) is 13.5. The van der Waals surface area contributed by atoms with Crippen LogP contribution in [-0.4, -0.2) is 175 Å². The molecule has 0 atom stereocenters. The van der Waals surface area contributed by atoms with E-state index in [0.717, 1.165) is 88.6 Å². The van der Waals surface area contributed by atoms with Gasteiger partial charge in [-0.25, -0.2) is 50.5 Å². The van der Waals surface area contributed by atoms with Gasteiger partial charge in [-0.3, -0.25) is 30.0 Å². The first kappa shape index (κ1) is 89.6. The van der Waals surface area contributed by atoms with Crippen molar-refractivity contribution in [2.75, 3.05) is 79.5 Å². The van der Waals surface area contributed by atoms with Gasteiger partial charge in [-0.15, -0.1) is 13.2 Å². The van der Waals surface area contributed by atoms with Crippen LogP contribution in [0.2, 0.25) is 0 Å². The maximum absolute atomic E-state index is 13.6. The summed E-state index contributed by atoms with van der Waals surface area (Å²) in [4.78, 5) is 42.0. The maximum Gasteiger partial charge on any atom is 0.573 e. The Balaban J connectivity index is 0.000000175. The van der Waals surface area contributed by atoms with Gasteiger partial charge in [-0.2, -0.15) is 0 Å². The van der Waals surface area contributed by atoms with E-state index in [-0.39, 0.29) is 83.8 Å². The topological polar surface area (TPSA) is 312 Å². The molecule has 0 radical (unpaired) electrons. The number of halogens is 5. The molecule has 0 spiro atoms. The quantitative estimate of drug-likeness (QED) is 0.00987. The number of amides is 3. The third-order valence-electron chi connectivity index (χ3n) is 21.9. The van der Waals surface area contributed by atoms with Gasteiger partial charge >= 0.3 is 6.36 Å². The number of hydroxylamine groups is 3. The Bertz CT molecular complexity index is 5210. The van der Waals surface area contributed by atoms with Gasteiger partial charge in [-0.1, -0.05) is 109 Å². The lowest BCUT2D eigenvalue weighted by molar-refractivity contribution is -0.274. The fourth-order valence-corrected chi connectivity index (χ4v) is 20.8. The molecule has 31 heteroatoms. The van der Waals surface area contributed by atoms with E-state index >= 15 is 0 Å². The Morgan fingerprint density at radius 2 is 0.748 bits per heavy atom. The fraction of sp³-hybridized carbons (Fsp3) is 0.352. The van der Waals surface area contributed by atoms with Crippen molar-refractivity contribution in [3.05, 3.63) is 247 Å². The standard InChI is InChI=1S/C30H35FN2O6S.C30H33FN2O5S.C28H28F3NO7S/c1-38-21-19-33-17-15-30(16-18-33,29(34)32-35)40(36,37)28-13-11-27(12-14-28)39-20-3-5-23-4-2-6-25(22-23)24-7-9-26(31)10-8-24;31-25-8-6-23(7-9-25)24-5-1-3-22(21-24)4-2-20-38-27-12-14-28(15-13-27)39(36,37)30(29(34)32-35)16-18-33(19-17-30)26-10-11-26;29-28(30,31)39-24-8-6-21(7-9-24)22-5-1-3-20(19-22)4-2-16-38-23-10-12-25(13-11-23)40(35,36)27(26(33)32-34)14-17-37-18-15-27/h2,4,6-14,22,35H,3,5,15-21H2,1H3,(H,32,34);1,3,5-9,12-15,21,26,35H,2,4,10-11,16-20H2,(H,32,34);1,3,5-13,19,34H,2,4,14-18H2,(H,32,33). The summed E-state index contributed by atoms with van der Waals surface area (Å²) in [6, 6.07) is 60.8. The first-order valence-electron chi connectivity index (χ1n) is 39.1. The monoisotopic (exact) mass is 1700 g/mol. The van der Waals surface area contributed by atoms with Crippen LogP contribution >= 0.6 is 0 Å². The Labute approximate surface area is 689 Å². The number of carbonyl (C=O) groups is 3. The van der Waals surface area contributed by atoms with E-state index in [9.17, 15) is 72.0 Å². The second-order valence-electron chi connectivity index (χ2n) is 29.5. The van der Waals surface area contributed by atoms with Gasteiger partial charge in [0.25, 0.3) is 17.7 Å². The van der Waals surface area contributed by atoms with Gasteiger partial charge in [0, 0.05) is 59.1 Å². The number of nitrogens with zero attached hydrogens (tertiary/aromatic N) is 2. The zero-order valence-electron chi connectivity index (χ0n) is 65.5. The first-order valence-corrected chi connectivity index (χ1v) is 43.5. The minimum atomic E-state index is -4.74. The second-order valence-corrected chi connectivity index (χ2v) is 36.3. The Hall–Kier alpha value is -10.2. The Morgan fingerprint density at radius 3 is 1.07 bits per heavy atom. The number of aryl methyl sites for hydroxylation is 3. The molecule has 3 heterocycles. The molecule has 13 rings (SSSR count). The molecular weight excluding hydrogens is 1610 g/mol. The summed E-state index contributed by atoms with van der Waals surface area (Å²) in [5.74, 6) is -2.06. The Morgan fingerprint density at radius 1 is 0.429 bits per heavy atom. The highest BCUT2D eigenvalue weighted by Gasteiger charge is 2.56. The van der Waals surface area contributed by atoms with E-state index < -0.39 is 67.8 Å². The molecule has 119 heavy (non-hydrogen) atoms. The second kappa shape index (κ2) is 40.7. The number of hydrogen-bond acceptors (Lipinski definition) is 20. The summed E-state index contributed by atoms with van der Waals surface area (Å²) in [6.45, 7) is 4.34. The number of benzene rings is 9. The number of alkyl halides is 3. The highest BCUT2D eigenvalue weighted by atomic mass is 32.2. The van der Waals surface area contributed by atoms with Gasteiger partial charge in [-0.05, 0) is 249 Å². The molecule has 23 nitrogen and oxygen atoms in total. The zero-order valence-corrected chi connectivity index (χ0v) is 68.0. The molecule has 634 valence electrons. The predicted octanol–water partition coefficient (Wildman–Crippen LogP) is 14.1. The minimum Gasteiger partial charge on any atom is -0.494 e. The van der Waals surface area contributed by atoms with Crippen molar-refractivity contribution >= 4 is 47.2 Å². The predicted molar refractivity (Wildman–Crippen MR) is 434 cm³/mol. The SMILES string of the molecule is COCCN1CCC(C(=O)NO)(S(=O)(=O)c2ccc(OCCCc3cccc(-c4ccc(F)cc4)c3)cc2)CC1.O=C(NO)C1(S(=O)(=O)c2ccc(OCCCc3cccc(-c4ccc(F)cc4)c3)cc2)CCN(C2CC2)CC1.O=C(NO)C1(S(=O)(=O)c2ccc(OCCCc3cccc(-c4ccc(OC(F)(F)F)cc4)c3)cc2)CCOCC1. The van der Waals surface area contributed by atoms with Crippen LogP contribution in [0.3, 0.4) is 0 Å². The minimum absolute atomic E-state index is 0.00593. The average molecular weight is 1700 g/mol. The van der Waals surface area contributed by atoms with Crippen LogP contribution in [0.1, 0.15) is 87.3 Å². The van der Waals surface area contributed by atoms with Crippen molar-refractivity contribution in [2.24, 2.45) is 0 Å². The molecular formula is C88H96F5N5O18S3. The molecule has 9 aromatic rings. The van der Waals surface area contributed by atoms with Gasteiger partial charge in [0.1, 0.15) is 34.6 Å². The van der Waals surface area contributed by atoms with Gasteiger partial charge < -0.3 is 38.2 Å². The van der Waals surface area contributed by atoms with Crippen molar-refractivity contribution in [3.63, 3.8) is 0 Å². The van der Waals surface area contributed by atoms with Crippen LogP contribution in [0.25, 0.3) is 33.4 Å². The number of rotatable bonds is 32. The molecule has 0 unspecified atom stereocenters. The summed E-state index contributed by atoms with van der Waals surface area (Å²) >= 11 is 0. The van der Waals surface area contributed by atoms with E-state index in [2.05, 4.69) is 21.8 Å². The van der Waals surface area contributed by atoms with Gasteiger partial charge in [0.05, 0.1) is 41.1 Å². The molecule has 9 aromatic carbocycles. The summed E-state index contributed by atoms with van der Waals surface area (Å²) in [7, 11) is -10.7. The maximum atomic E-state index is 13.6. The van der Waals surface area contributed by atoms with E-state index in [1.807, 2.05) is 65.6 Å². The van der Waals surface area contributed by atoms with Crippen molar-refractivity contribution in [3.8, 4) is 56.4 Å². The lowest BCUT2D eigenvalue weighted by Crippen LogP contribution is -2.58. The van der Waals surface area contributed by atoms with Gasteiger partial charge in [0.2, 0.25) is 0 Å². The summed E-state index contributed by atoms with van der Waals surface area (Å²) in [5, 5.41) is 27.9. The van der Waals surface area contributed by atoms with Crippen LogP contribution in [-0.2, 0) is 72.6 Å². The van der Waals surface area contributed by atoms with E-state index in [0.29, 0.717) is 95.3 Å². The highest BCUT2D eigenvalue weighted by molar-refractivity contribution is 7.94. The van der Waals surface area contributed by atoms with E-state index in [1.54, 1.807) is 78.7 Å². The molecule has 0 bridgehead atoms. The number of carbonyl (C=O) groups excluding carboxylic acids is 3. The smallest absolute Gasteiger partial charge is 0.494 e. The molecule has 1 aliphatic carbocycles. The molecule has 3 saturated heterocycles. The Kier molecular flexibility index (Phi) is 30.7. The molecule has 1 saturated carbocycles. The van der Waals surface area contributed by atoms with E-state index in [1.165, 1.54) is 90.4 Å². The largest absolute Gasteiger partial charge is 0.573 e. The number of sulfone groups is 3. The van der Waals surface area contributed by atoms with Crippen LogP contribution < -0.4 is 35.4 Å². The highest BCUT2D eigenvalue weighted by Crippen LogP contribution is 2.42. The lowest BCUT2D eigenvalue weighted by Gasteiger charge is -2.39. The number of ether oxygens (including phenoxy) is 6. The van der Waals surface area contributed by atoms with E-state index in [4.69, 9.17) is 28.9 Å². The molecule has 3 aliphatic heterocycles. The fourth-order valence-electron chi connectivity index (χ4n) is 15.0. The number of nitrogens with one attached hydrogen (secondary N) is 3. The third kappa shape index (κ3) is 22.5. The van der Waals surface area contributed by atoms with Crippen LogP contribution in [0, 0.1) is 11.6 Å². The summed E-state index contributed by atoms with van der Waals surface area (Å²) in [6.07, 6.45) is 2.13.